The lowest BCUT2D eigenvalue weighted by Crippen LogP contribution is -2.30. The van der Waals surface area contributed by atoms with Crippen LogP contribution in [0.25, 0.3) is 11.4 Å². The Morgan fingerprint density at radius 1 is 1.00 bits per heavy atom. The summed E-state index contributed by atoms with van der Waals surface area (Å²) in [6, 6.07) is 25.7. The Labute approximate surface area is 210 Å². The molecule has 0 bridgehead atoms. The van der Waals surface area contributed by atoms with Gasteiger partial charge in [0, 0.05) is 12.1 Å². The van der Waals surface area contributed by atoms with Crippen LogP contribution in [0.5, 0.6) is 5.75 Å². The number of ether oxygens (including phenoxy) is 1. The normalized spacial score (nSPS) is 11.7. The zero-order valence-corrected chi connectivity index (χ0v) is 21.1. The molecule has 0 unspecified atom stereocenters. The molecular weight excluding hydrogens is 456 g/mol. The molecule has 1 atom stereocenters. The standard InChI is InChI=1S/C28H30N4O2S/c1-4-17-32-27(23-12-8-9-20(2)18-23)30-31-28(32)35-19-25(33)29-26(21-10-6-5-7-11-21)22-13-15-24(34-3)16-14-22/h5-16,18,26H,4,17,19H2,1-3H3,(H,29,33)/t26-/m1/s1. The van der Waals surface area contributed by atoms with Gasteiger partial charge in [0.1, 0.15) is 5.75 Å². The summed E-state index contributed by atoms with van der Waals surface area (Å²) in [4.78, 5) is 13.1. The predicted octanol–water partition coefficient (Wildman–Crippen LogP) is 5.67. The third-order valence-corrected chi connectivity index (χ3v) is 6.63. The van der Waals surface area contributed by atoms with Crippen molar-refractivity contribution in [1.29, 1.82) is 0 Å². The van der Waals surface area contributed by atoms with E-state index < -0.39 is 0 Å². The zero-order valence-electron chi connectivity index (χ0n) is 20.3. The minimum absolute atomic E-state index is 0.0668. The summed E-state index contributed by atoms with van der Waals surface area (Å²) >= 11 is 1.41. The average Bonchev–Trinajstić information content (AvgIpc) is 3.29. The van der Waals surface area contributed by atoms with Crippen LogP contribution in [0.3, 0.4) is 0 Å². The number of hydrogen-bond donors (Lipinski definition) is 1. The van der Waals surface area contributed by atoms with E-state index in [2.05, 4.69) is 46.1 Å². The van der Waals surface area contributed by atoms with Crippen molar-refractivity contribution in [3.8, 4) is 17.1 Å². The maximum atomic E-state index is 13.1. The molecule has 3 aromatic carbocycles. The fourth-order valence-corrected chi connectivity index (χ4v) is 4.73. The Hall–Kier alpha value is -3.58. The highest BCUT2D eigenvalue weighted by Gasteiger charge is 2.19. The summed E-state index contributed by atoms with van der Waals surface area (Å²) in [5, 5.41) is 12.8. The first-order chi connectivity index (χ1) is 17.1. The highest BCUT2D eigenvalue weighted by molar-refractivity contribution is 7.99. The number of aryl methyl sites for hydroxylation is 1. The van der Waals surface area contributed by atoms with Crippen LogP contribution in [-0.4, -0.2) is 33.5 Å². The number of hydrogen-bond acceptors (Lipinski definition) is 5. The summed E-state index contributed by atoms with van der Waals surface area (Å²) in [7, 11) is 1.64. The highest BCUT2D eigenvalue weighted by atomic mass is 32.2. The summed E-state index contributed by atoms with van der Waals surface area (Å²) in [6.07, 6.45) is 0.949. The van der Waals surface area contributed by atoms with Crippen LogP contribution >= 0.6 is 11.8 Å². The Morgan fingerprint density at radius 2 is 1.74 bits per heavy atom. The van der Waals surface area contributed by atoms with Crippen LogP contribution in [-0.2, 0) is 11.3 Å². The molecule has 1 heterocycles. The molecule has 6 nitrogen and oxygen atoms in total. The van der Waals surface area contributed by atoms with E-state index in [0.717, 1.165) is 46.4 Å². The van der Waals surface area contributed by atoms with Gasteiger partial charge in [-0.3, -0.25) is 4.79 Å². The largest absolute Gasteiger partial charge is 0.497 e. The van der Waals surface area contributed by atoms with Gasteiger partial charge >= 0.3 is 0 Å². The molecule has 0 aliphatic heterocycles. The summed E-state index contributed by atoms with van der Waals surface area (Å²) < 4.78 is 7.39. The molecule has 0 aliphatic rings. The molecule has 4 aromatic rings. The van der Waals surface area contributed by atoms with Gasteiger partial charge in [-0.05, 0) is 42.7 Å². The van der Waals surface area contributed by atoms with Crippen LogP contribution in [0, 0.1) is 6.92 Å². The topological polar surface area (TPSA) is 69.0 Å². The summed E-state index contributed by atoms with van der Waals surface area (Å²) in [5.41, 5.74) is 4.22. The van der Waals surface area contributed by atoms with Crippen molar-refractivity contribution in [3.05, 3.63) is 95.6 Å². The fraction of sp³-hybridized carbons (Fsp3) is 0.250. The number of amides is 1. The Kier molecular flexibility index (Phi) is 8.21. The third kappa shape index (κ3) is 6.11. The maximum absolute atomic E-state index is 13.1. The number of carbonyl (C=O) groups is 1. The summed E-state index contributed by atoms with van der Waals surface area (Å²) in [6.45, 7) is 4.98. The van der Waals surface area contributed by atoms with E-state index in [1.165, 1.54) is 17.3 Å². The fourth-order valence-electron chi connectivity index (χ4n) is 3.95. The van der Waals surface area contributed by atoms with Crippen molar-refractivity contribution in [2.75, 3.05) is 12.9 Å². The molecule has 0 saturated carbocycles. The van der Waals surface area contributed by atoms with Gasteiger partial charge in [-0.15, -0.1) is 10.2 Å². The molecule has 0 radical (unpaired) electrons. The minimum Gasteiger partial charge on any atom is -0.497 e. The molecule has 0 fully saturated rings. The smallest absolute Gasteiger partial charge is 0.231 e. The van der Waals surface area contributed by atoms with Gasteiger partial charge in [-0.1, -0.05) is 84.9 Å². The van der Waals surface area contributed by atoms with Crippen LogP contribution < -0.4 is 10.1 Å². The van der Waals surface area contributed by atoms with Crippen LogP contribution in [0.4, 0.5) is 0 Å². The van der Waals surface area contributed by atoms with E-state index in [1.807, 2.05) is 66.7 Å². The van der Waals surface area contributed by atoms with Gasteiger partial charge < -0.3 is 14.6 Å². The number of benzene rings is 3. The van der Waals surface area contributed by atoms with Crippen molar-refractivity contribution in [3.63, 3.8) is 0 Å². The van der Waals surface area contributed by atoms with Crippen LogP contribution in [0.1, 0.15) is 36.1 Å². The second kappa shape index (κ2) is 11.7. The zero-order chi connectivity index (χ0) is 24.6. The molecule has 1 N–H and O–H groups in total. The van der Waals surface area contributed by atoms with Gasteiger partial charge in [0.2, 0.25) is 5.91 Å². The quantitative estimate of drug-likeness (QED) is 0.293. The van der Waals surface area contributed by atoms with E-state index in [1.54, 1.807) is 7.11 Å². The molecule has 4 rings (SSSR count). The van der Waals surface area contributed by atoms with Gasteiger partial charge in [0.25, 0.3) is 0 Å². The van der Waals surface area contributed by atoms with Crippen molar-refractivity contribution in [2.24, 2.45) is 0 Å². The molecule has 1 aromatic heterocycles. The highest BCUT2D eigenvalue weighted by Crippen LogP contribution is 2.27. The Balaban J connectivity index is 1.50. The van der Waals surface area contributed by atoms with Crippen molar-refractivity contribution in [2.45, 2.75) is 38.0 Å². The monoisotopic (exact) mass is 486 g/mol. The van der Waals surface area contributed by atoms with E-state index in [9.17, 15) is 4.79 Å². The van der Waals surface area contributed by atoms with Gasteiger partial charge in [0.05, 0.1) is 18.9 Å². The SMILES string of the molecule is CCCn1c(SCC(=O)N[C@H](c2ccccc2)c2ccc(OC)cc2)nnc1-c1cccc(C)c1. The first kappa shape index (κ1) is 24.5. The molecule has 35 heavy (non-hydrogen) atoms. The van der Waals surface area contributed by atoms with Gasteiger partial charge in [0.15, 0.2) is 11.0 Å². The van der Waals surface area contributed by atoms with Crippen molar-refractivity contribution >= 4 is 17.7 Å². The molecule has 0 aliphatic carbocycles. The minimum atomic E-state index is -0.258. The van der Waals surface area contributed by atoms with Gasteiger partial charge in [-0.25, -0.2) is 0 Å². The number of rotatable bonds is 10. The Morgan fingerprint density at radius 3 is 2.43 bits per heavy atom. The van der Waals surface area contributed by atoms with Crippen LogP contribution in [0.15, 0.2) is 84.0 Å². The molecule has 1 amide bonds. The van der Waals surface area contributed by atoms with E-state index >= 15 is 0 Å². The maximum Gasteiger partial charge on any atom is 0.231 e. The van der Waals surface area contributed by atoms with Crippen molar-refractivity contribution in [1.82, 2.24) is 20.1 Å². The first-order valence-electron chi connectivity index (χ1n) is 11.7. The van der Waals surface area contributed by atoms with E-state index in [-0.39, 0.29) is 17.7 Å². The second-order valence-corrected chi connectivity index (χ2v) is 9.24. The van der Waals surface area contributed by atoms with E-state index in [0.29, 0.717) is 0 Å². The van der Waals surface area contributed by atoms with Crippen molar-refractivity contribution < 1.29 is 9.53 Å². The molecule has 180 valence electrons. The van der Waals surface area contributed by atoms with Crippen LogP contribution in [0.2, 0.25) is 0 Å². The second-order valence-electron chi connectivity index (χ2n) is 8.30. The van der Waals surface area contributed by atoms with E-state index in [4.69, 9.17) is 4.74 Å². The average molecular weight is 487 g/mol. The first-order valence-corrected chi connectivity index (χ1v) is 12.7. The number of aromatic nitrogens is 3. The van der Waals surface area contributed by atoms with Gasteiger partial charge in [-0.2, -0.15) is 0 Å². The Bertz CT molecular complexity index is 1260. The molecule has 7 heteroatoms. The summed E-state index contributed by atoms with van der Waals surface area (Å²) in [5.74, 6) is 1.79. The number of nitrogens with one attached hydrogen (secondary N) is 1. The molecule has 0 saturated heterocycles. The lowest BCUT2D eigenvalue weighted by Gasteiger charge is -2.20. The number of nitrogens with zero attached hydrogens (tertiary/aromatic N) is 3. The lowest BCUT2D eigenvalue weighted by molar-refractivity contribution is -0.119. The predicted molar refractivity (Wildman–Crippen MR) is 141 cm³/mol. The number of thioether (sulfide) groups is 1. The lowest BCUT2D eigenvalue weighted by atomic mass is 9.98. The number of carbonyl (C=O) groups excluding carboxylic acids is 1. The third-order valence-electron chi connectivity index (χ3n) is 5.66. The number of methoxy groups -OCH3 is 1. The molecular formula is C28H30N4O2S. The molecule has 0 spiro atoms.